The van der Waals surface area contributed by atoms with Crippen molar-refractivity contribution in [2.24, 2.45) is 0 Å². The van der Waals surface area contributed by atoms with E-state index < -0.39 is 0 Å². The number of ether oxygens (including phenoxy) is 1. The summed E-state index contributed by atoms with van der Waals surface area (Å²) in [4.78, 5) is 29.7. The zero-order valence-electron chi connectivity index (χ0n) is 18.7. The minimum atomic E-state index is -0.178. The summed E-state index contributed by atoms with van der Waals surface area (Å²) in [5, 5.41) is 3.74. The number of furan rings is 1. The number of hydrogen-bond donors (Lipinski definition) is 1. The Morgan fingerprint density at radius 1 is 1.18 bits per heavy atom. The lowest BCUT2D eigenvalue weighted by Gasteiger charge is -2.26. The highest BCUT2D eigenvalue weighted by atomic mass is 16.5. The largest absolute Gasteiger partial charge is 0.454 e. The minimum Gasteiger partial charge on any atom is -0.454 e. The second-order valence-electron chi connectivity index (χ2n) is 8.53. The van der Waals surface area contributed by atoms with Gasteiger partial charge in [0.05, 0.1) is 6.20 Å². The third-order valence-electron chi connectivity index (χ3n) is 6.41. The molecule has 5 heterocycles. The van der Waals surface area contributed by atoms with Crippen molar-refractivity contribution in [3.05, 3.63) is 59.0 Å². The van der Waals surface area contributed by atoms with E-state index in [2.05, 4.69) is 17.0 Å². The van der Waals surface area contributed by atoms with E-state index >= 15 is 0 Å². The van der Waals surface area contributed by atoms with Crippen molar-refractivity contribution in [1.82, 2.24) is 19.5 Å². The Labute approximate surface area is 191 Å². The summed E-state index contributed by atoms with van der Waals surface area (Å²) in [7, 11) is 0. The molecule has 2 aliphatic heterocycles. The van der Waals surface area contributed by atoms with Crippen molar-refractivity contribution in [3.8, 4) is 11.5 Å². The number of nitrogens with zero attached hydrogens (tertiary/aromatic N) is 3. The van der Waals surface area contributed by atoms with E-state index in [0.29, 0.717) is 17.4 Å². The zero-order chi connectivity index (χ0) is 22.8. The van der Waals surface area contributed by atoms with Crippen LogP contribution in [0.4, 0.5) is 0 Å². The van der Waals surface area contributed by atoms with E-state index in [1.807, 2.05) is 35.2 Å². The number of aromatic nitrogens is 3. The van der Waals surface area contributed by atoms with Gasteiger partial charge in [-0.15, -0.1) is 0 Å². The Hall–Kier alpha value is -3.39. The molecule has 1 N–H and O–H groups in total. The number of fused-ring (bicyclic) bond motifs is 2. The molecule has 0 spiro atoms. The molecule has 0 bridgehead atoms. The van der Waals surface area contributed by atoms with Crippen molar-refractivity contribution in [1.29, 1.82) is 0 Å². The molecule has 8 nitrogen and oxygen atoms in total. The first-order chi connectivity index (χ1) is 16.1. The van der Waals surface area contributed by atoms with Gasteiger partial charge in [0.15, 0.2) is 11.4 Å². The molecule has 2 saturated heterocycles. The van der Waals surface area contributed by atoms with Gasteiger partial charge in [0, 0.05) is 30.6 Å². The van der Waals surface area contributed by atoms with E-state index in [-0.39, 0.29) is 17.6 Å². The summed E-state index contributed by atoms with van der Waals surface area (Å²) < 4.78 is 12.8. The van der Waals surface area contributed by atoms with Crippen LogP contribution < -0.4 is 5.56 Å². The van der Waals surface area contributed by atoms with E-state index in [4.69, 9.17) is 9.15 Å². The van der Waals surface area contributed by atoms with Crippen LogP contribution >= 0.6 is 0 Å². The number of amides is 1. The summed E-state index contributed by atoms with van der Waals surface area (Å²) in [5.41, 5.74) is 2.03. The third kappa shape index (κ3) is 4.30. The molecule has 0 aliphatic carbocycles. The predicted octanol–water partition coefficient (Wildman–Crippen LogP) is 4.00. The number of para-hydroxylation sites is 1. The highest BCUT2D eigenvalue weighted by molar-refractivity contribution is 5.82. The van der Waals surface area contributed by atoms with Gasteiger partial charge in [-0.25, -0.2) is 9.50 Å². The van der Waals surface area contributed by atoms with Gasteiger partial charge in [-0.05, 0) is 50.3 Å². The number of aromatic amines is 1. The molecular weight excluding hydrogens is 420 g/mol. The first kappa shape index (κ1) is 21.5. The summed E-state index contributed by atoms with van der Waals surface area (Å²) in [6.07, 6.45) is 6.95. The van der Waals surface area contributed by atoms with Crippen LogP contribution in [0.25, 0.3) is 28.1 Å². The fourth-order valence-corrected chi connectivity index (χ4v) is 4.69. The monoisotopic (exact) mass is 448 g/mol. The van der Waals surface area contributed by atoms with Gasteiger partial charge < -0.3 is 14.1 Å². The number of nitrogens with one attached hydrogen (secondary N) is 1. The van der Waals surface area contributed by atoms with Gasteiger partial charge >= 0.3 is 0 Å². The zero-order valence-corrected chi connectivity index (χ0v) is 18.7. The number of H-pyrrole nitrogens is 1. The number of imidazole rings is 1. The number of likely N-dealkylation sites (tertiary alicyclic amines) is 1. The van der Waals surface area contributed by atoms with Crippen LogP contribution in [0, 0.1) is 0 Å². The summed E-state index contributed by atoms with van der Waals surface area (Å²) in [5.74, 6) is 0.919. The van der Waals surface area contributed by atoms with Crippen molar-refractivity contribution < 1.29 is 13.9 Å². The molecule has 1 amide bonds. The third-order valence-corrected chi connectivity index (χ3v) is 6.41. The molecule has 33 heavy (non-hydrogen) atoms. The molecule has 0 radical (unpaired) electrons. The Morgan fingerprint density at radius 3 is 2.85 bits per heavy atom. The van der Waals surface area contributed by atoms with E-state index in [9.17, 15) is 9.59 Å². The Morgan fingerprint density at radius 2 is 2.06 bits per heavy atom. The van der Waals surface area contributed by atoms with Gasteiger partial charge in [0.25, 0.3) is 11.5 Å². The Bertz CT molecular complexity index is 1280. The second-order valence-corrected chi connectivity index (χ2v) is 8.53. The average molecular weight is 449 g/mol. The predicted molar refractivity (Wildman–Crippen MR) is 125 cm³/mol. The SMILES string of the molecule is CC[C@@H]1CCCN1C(=O)C1CCCO1.O=c1ccc2ncc(-c3cc4ccccc4o3)n2[nH]1. The Balaban J connectivity index is 0.000000146. The fourth-order valence-electron chi connectivity index (χ4n) is 4.69. The van der Waals surface area contributed by atoms with Crippen LogP contribution in [-0.2, 0) is 9.53 Å². The van der Waals surface area contributed by atoms with Gasteiger partial charge in [0.2, 0.25) is 0 Å². The first-order valence-corrected chi connectivity index (χ1v) is 11.6. The van der Waals surface area contributed by atoms with Crippen LogP contribution in [0.15, 0.2) is 57.9 Å². The molecular formula is C25H28N4O4. The van der Waals surface area contributed by atoms with Crippen LogP contribution in [-0.4, -0.2) is 50.7 Å². The second kappa shape index (κ2) is 9.23. The molecule has 4 aromatic rings. The van der Waals surface area contributed by atoms with Crippen LogP contribution in [0.1, 0.15) is 39.0 Å². The lowest BCUT2D eigenvalue weighted by atomic mass is 10.1. The molecule has 0 saturated carbocycles. The molecule has 8 heteroatoms. The molecule has 2 aliphatic rings. The maximum absolute atomic E-state index is 12.0. The van der Waals surface area contributed by atoms with E-state index in [1.165, 1.54) is 12.5 Å². The fraction of sp³-hybridized carbons (Fsp3) is 0.400. The smallest absolute Gasteiger partial charge is 0.263 e. The summed E-state index contributed by atoms with van der Waals surface area (Å²) in [6.45, 7) is 3.87. The minimum absolute atomic E-state index is 0.123. The highest BCUT2D eigenvalue weighted by Crippen LogP contribution is 2.27. The molecule has 1 aromatic carbocycles. The molecule has 6 rings (SSSR count). The standard InChI is InChI=1S/C14H9N3O2.C11H19NO2/c18-14-6-5-13-15-8-10(17(13)16-14)12-7-9-3-1-2-4-11(9)19-12;1-2-9-5-3-7-12(9)11(13)10-6-4-8-14-10/h1-8H,(H,16,18);9-10H,2-8H2,1H3/t;9-,10?/m.1/s1. The first-order valence-electron chi connectivity index (χ1n) is 11.6. The molecule has 2 fully saturated rings. The highest BCUT2D eigenvalue weighted by Gasteiger charge is 2.34. The van der Waals surface area contributed by atoms with Crippen molar-refractivity contribution in [2.45, 2.75) is 51.2 Å². The van der Waals surface area contributed by atoms with Gasteiger partial charge in [0.1, 0.15) is 17.4 Å². The molecule has 1 unspecified atom stereocenters. The summed E-state index contributed by atoms with van der Waals surface area (Å²) >= 11 is 0. The van der Waals surface area contributed by atoms with Crippen molar-refractivity contribution >= 4 is 22.5 Å². The number of benzene rings is 1. The number of rotatable bonds is 3. The lowest BCUT2D eigenvalue weighted by Crippen LogP contribution is -2.41. The topological polar surface area (TPSA) is 92.8 Å². The Kier molecular flexibility index (Phi) is 6.00. The average Bonchev–Trinajstić information content (AvgIpc) is 3.63. The van der Waals surface area contributed by atoms with Gasteiger partial charge in [-0.1, -0.05) is 25.1 Å². The maximum Gasteiger partial charge on any atom is 0.263 e. The quantitative estimate of drug-likeness (QED) is 0.511. The molecule has 2 atom stereocenters. The molecule has 172 valence electrons. The van der Waals surface area contributed by atoms with Gasteiger partial charge in [-0.2, -0.15) is 0 Å². The lowest BCUT2D eigenvalue weighted by molar-refractivity contribution is -0.141. The van der Waals surface area contributed by atoms with Gasteiger partial charge in [-0.3, -0.25) is 14.7 Å². The van der Waals surface area contributed by atoms with Crippen molar-refractivity contribution in [3.63, 3.8) is 0 Å². The number of carbonyl (C=O) groups is 1. The summed E-state index contributed by atoms with van der Waals surface area (Å²) in [6, 6.07) is 13.3. The number of hydrogen-bond acceptors (Lipinski definition) is 5. The van der Waals surface area contributed by atoms with Crippen LogP contribution in [0.3, 0.4) is 0 Å². The normalized spacial score (nSPS) is 20.3. The van der Waals surface area contributed by atoms with Crippen molar-refractivity contribution in [2.75, 3.05) is 13.2 Å². The van der Waals surface area contributed by atoms with Crippen LogP contribution in [0.5, 0.6) is 0 Å². The maximum atomic E-state index is 12.0. The van der Waals surface area contributed by atoms with E-state index in [0.717, 1.165) is 55.5 Å². The van der Waals surface area contributed by atoms with Crippen LogP contribution in [0.2, 0.25) is 0 Å². The number of carbonyl (C=O) groups excluding carboxylic acids is 1. The van der Waals surface area contributed by atoms with E-state index in [1.54, 1.807) is 16.8 Å². The molecule has 3 aromatic heterocycles.